The van der Waals surface area contributed by atoms with E-state index in [-0.39, 0.29) is 18.4 Å². The van der Waals surface area contributed by atoms with Crippen molar-refractivity contribution in [2.45, 2.75) is 45.2 Å². The van der Waals surface area contributed by atoms with E-state index in [1.165, 1.54) is 25.8 Å². The number of likely N-dealkylation sites (tertiary alicyclic amines) is 1. The minimum Gasteiger partial charge on any atom is -0.356 e. The number of guanidine groups is 1. The summed E-state index contributed by atoms with van der Waals surface area (Å²) in [5.41, 5.74) is 1.67. The summed E-state index contributed by atoms with van der Waals surface area (Å²) in [6.07, 6.45) is 5.08. The van der Waals surface area contributed by atoms with E-state index in [1.807, 2.05) is 24.3 Å². The maximum Gasteiger partial charge on any atom is 0.254 e. The Morgan fingerprint density at radius 2 is 2.00 bits per heavy atom. The van der Waals surface area contributed by atoms with Gasteiger partial charge in [0.2, 0.25) is 5.91 Å². The molecule has 2 heterocycles. The molecule has 2 aliphatic rings. The maximum atomic E-state index is 12.5. The van der Waals surface area contributed by atoms with Crippen LogP contribution in [0.3, 0.4) is 0 Å². The van der Waals surface area contributed by atoms with E-state index in [9.17, 15) is 9.59 Å². The molecule has 2 amide bonds. The number of piperazine rings is 1. The van der Waals surface area contributed by atoms with E-state index in [1.54, 1.807) is 11.9 Å². The molecule has 0 bridgehead atoms. The number of rotatable bonds is 7. The smallest absolute Gasteiger partial charge is 0.254 e. The highest BCUT2D eigenvalue weighted by molar-refractivity contribution is 5.97. The molecule has 1 unspecified atom stereocenters. The fourth-order valence-electron chi connectivity index (χ4n) is 4.14. The predicted octanol–water partition coefficient (Wildman–Crippen LogP) is 1.19. The summed E-state index contributed by atoms with van der Waals surface area (Å²) in [5, 5.41) is 9.45. The summed E-state index contributed by atoms with van der Waals surface area (Å²) in [5.74, 6) is 0.575. The fraction of sp³-hybridized carbons (Fsp3) is 0.609. The summed E-state index contributed by atoms with van der Waals surface area (Å²) in [7, 11) is 1.78. The van der Waals surface area contributed by atoms with Crippen LogP contribution in [-0.4, -0.2) is 79.9 Å². The lowest BCUT2D eigenvalue weighted by Gasteiger charge is -2.33. The van der Waals surface area contributed by atoms with Gasteiger partial charge in [-0.2, -0.15) is 0 Å². The molecule has 0 saturated carbocycles. The van der Waals surface area contributed by atoms with Gasteiger partial charge in [0.15, 0.2) is 5.96 Å². The van der Waals surface area contributed by atoms with Crippen LogP contribution in [-0.2, 0) is 11.3 Å². The van der Waals surface area contributed by atoms with Gasteiger partial charge in [0, 0.05) is 51.4 Å². The van der Waals surface area contributed by atoms with Crippen LogP contribution in [0.2, 0.25) is 0 Å². The standard InChI is InChI=1S/C23H36N6O2/c1-18-6-3-4-13-28(18)14-5-11-26-23(24-2)27-16-19-7-9-20(10-8-19)22(31)29-15-12-25-21(30)17-29/h7-10,18H,3-6,11-17H2,1-2H3,(H,25,30)(H2,24,26,27). The number of aliphatic imine (C=N–C) groups is 1. The number of hydrogen-bond acceptors (Lipinski definition) is 4. The molecule has 0 spiro atoms. The van der Waals surface area contributed by atoms with Gasteiger partial charge in [-0.05, 0) is 50.4 Å². The van der Waals surface area contributed by atoms with Gasteiger partial charge in [0.1, 0.15) is 0 Å². The van der Waals surface area contributed by atoms with Crippen LogP contribution in [0.25, 0.3) is 0 Å². The number of carbonyl (C=O) groups is 2. The van der Waals surface area contributed by atoms with Gasteiger partial charge in [0.25, 0.3) is 5.91 Å². The third kappa shape index (κ3) is 6.95. The second-order valence-electron chi connectivity index (χ2n) is 8.36. The average Bonchev–Trinajstić information content (AvgIpc) is 2.79. The van der Waals surface area contributed by atoms with Gasteiger partial charge in [-0.15, -0.1) is 0 Å². The molecule has 8 nitrogen and oxygen atoms in total. The third-order valence-corrected chi connectivity index (χ3v) is 6.07. The minimum atomic E-state index is -0.107. The lowest BCUT2D eigenvalue weighted by Crippen LogP contribution is -2.49. The Hall–Kier alpha value is -2.61. The van der Waals surface area contributed by atoms with Gasteiger partial charge in [0.05, 0.1) is 6.54 Å². The van der Waals surface area contributed by atoms with E-state index < -0.39 is 0 Å². The zero-order valence-corrected chi connectivity index (χ0v) is 18.8. The largest absolute Gasteiger partial charge is 0.356 e. The molecule has 0 radical (unpaired) electrons. The van der Waals surface area contributed by atoms with Crippen molar-refractivity contribution in [3.05, 3.63) is 35.4 Å². The van der Waals surface area contributed by atoms with E-state index >= 15 is 0 Å². The molecule has 170 valence electrons. The first-order chi connectivity index (χ1) is 15.1. The lowest BCUT2D eigenvalue weighted by atomic mass is 10.0. The minimum absolute atomic E-state index is 0.102. The van der Waals surface area contributed by atoms with Crippen LogP contribution >= 0.6 is 0 Å². The zero-order valence-electron chi connectivity index (χ0n) is 18.8. The SMILES string of the molecule is CN=C(NCCCN1CCCCC1C)NCc1ccc(C(=O)N2CCNC(=O)C2)cc1. The number of hydrogen-bond donors (Lipinski definition) is 3. The first-order valence-corrected chi connectivity index (χ1v) is 11.4. The zero-order chi connectivity index (χ0) is 22.1. The number of benzene rings is 1. The van der Waals surface area contributed by atoms with Gasteiger partial charge in [-0.3, -0.25) is 14.6 Å². The van der Waals surface area contributed by atoms with Crippen LogP contribution in [0.5, 0.6) is 0 Å². The first kappa shape index (κ1) is 23.1. The topological polar surface area (TPSA) is 89.1 Å². The van der Waals surface area contributed by atoms with Gasteiger partial charge in [-0.25, -0.2) is 0 Å². The highest BCUT2D eigenvalue weighted by Gasteiger charge is 2.22. The van der Waals surface area contributed by atoms with Crippen LogP contribution in [0.4, 0.5) is 0 Å². The Morgan fingerprint density at radius 1 is 1.19 bits per heavy atom. The molecular formula is C23H36N6O2. The first-order valence-electron chi connectivity index (χ1n) is 11.4. The van der Waals surface area contributed by atoms with E-state index in [4.69, 9.17) is 0 Å². The molecule has 31 heavy (non-hydrogen) atoms. The number of nitrogens with one attached hydrogen (secondary N) is 3. The van der Waals surface area contributed by atoms with Crippen molar-refractivity contribution in [1.29, 1.82) is 0 Å². The summed E-state index contributed by atoms with van der Waals surface area (Å²) < 4.78 is 0. The molecule has 1 aromatic rings. The fourth-order valence-corrected chi connectivity index (χ4v) is 4.14. The van der Waals surface area contributed by atoms with E-state index in [0.717, 1.165) is 31.0 Å². The van der Waals surface area contributed by atoms with Gasteiger partial charge < -0.3 is 25.8 Å². The monoisotopic (exact) mass is 428 g/mol. The van der Waals surface area contributed by atoms with Gasteiger partial charge in [-0.1, -0.05) is 18.6 Å². The van der Waals surface area contributed by atoms with Crippen molar-refractivity contribution in [1.82, 2.24) is 25.8 Å². The second-order valence-corrected chi connectivity index (χ2v) is 8.36. The van der Waals surface area contributed by atoms with Crippen molar-refractivity contribution in [3.63, 3.8) is 0 Å². The van der Waals surface area contributed by atoms with Crippen LogP contribution in [0.1, 0.15) is 48.5 Å². The van der Waals surface area contributed by atoms with E-state index in [2.05, 4.69) is 32.8 Å². The molecule has 0 aromatic heterocycles. The van der Waals surface area contributed by atoms with Crippen molar-refractivity contribution >= 4 is 17.8 Å². The van der Waals surface area contributed by atoms with E-state index in [0.29, 0.717) is 31.2 Å². The predicted molar refractivity (Wildman–Crippen MR) is 123 cm³/mol. The Kier molecular flexibility index (Phi) is 8.70. The van der Waals surface area contributed by atoms with Crippen molar-refractivity contribution in [2.24, 2.45) is 4.99 Å². The highest BCUT2D eigenvalue weighted by Crippen LogP contribution is 2.16. The molecular weight excluding hydrogens is 392 g/mol. The molecule has 2 saturated heterocycles. The summed E-state index contributed by atoms with van der Waals surface area (Å²) in [4.78, 5) is 32.5. The van der Waals surface area contributed by atoms with Crippen molar-refractivity contribution in [2.75, 3.05) is 46.3 Å². The molecule has 2 fully saturated rings. The molecule has 8 heteroatoms. The van der Waals surface area contributed by atoms with Crippen LogP contribution in [0.15, 0.2) is 29.3 Å². The number of nitrogens with zero attached hydrogens (tertiary/aromatic N) is 3. The van der Waals surface area contributed by atoms with Crippen molar-refractivity contribution < 1.29 is 9.59 Å². The number of piperidine rings is 1. The summed E-state index contributed by atoms with van der Waals surface area (Å²) >= 11 is 0. The summed E-state index contributed by atoms with van der Waals surface area (Å²) in [6.45, 7) is 7.37. The highest BCUT2D eigenvalue weighted by atomic mass is 16.2. The second kappa shape index (κ2) is 11.7. The number of amides is 2. The lowest BCUT2D eigenvalue weighted by molar-refractivity contribution is -0.123. The maximum absolute atomic E-state index is 12.5. The van der Waals surface area contributed by atoms with Crippen molar-refractivity contribution in [3.8, 4) is 0 Å². The summed E-state index contributed by atoms with van der Waals surface area (Å²) in [6, 6.07) is 8.22. The Balaban J connectivity index is 1.39. The quantitative estimate of drug-likeness (QED) is 0.345. The van der Waals surface area contributed by atoms with Crippen LogP contribution < -0.4 is 16.0 Å². The normalized spacial score (nSPS) is 20.3. The molecule has 1 aromatic carbocycles. The Labute approximate surface area is 185 Å². The Morgan fingerprint density at radius 3 is 2.71 bits per heavy atom. The Bertz CT molecular complexity index is 764. The molecule has 3 N–H and O–H groups in total. The molecule has 1 atom stereocenters. The molecule has 2 aliphatic heterocycles. The number of carbonyl (C=O) groups excluding carboxylic acids is 2. The molecule has 3 rings (SSSR count). The third-order valence-electron chi connectivity index (χ3n) is 6.07. The average molecular weight is 429 g/mol. The van der Waals surface area contributed by atoms with Gasteiger partial charge >= 0.3 is 0 Å². The van der Waals surface area contributed by atoms with Crippen LogP contribution in [0, 0.1) is 0 Å². The molecule has 0 aliphatic carbocycles.